The van der Waals surface area contributed by atoms with Gasteiger partial charge in [0.1, 0.15) is 11.1 Å². The minimum absolute atomic E-state index is 0.665. The van der Waals surface area contributed by atoms with Crippen LogP contribution in [0.2, 0.25) is 0 Å². The Bertz CT molecular complexity index is 896. The third-order valence-corrected chi connectivity index (χ3v) is 7.38. The van der Waals surface area contributed by atoms with Crippen LogP contribution in [0.15, 0.2) is 0 Å². The monoisotopic (exact) mass is 435 g/mol. The van der Waals surface area contributed by atoms with Gasteiger partial charge >= 0.3 is 0 Å². The van der Waals surface area contributed by atoms with Crippen LogP contribution in [0.5, 0.6) is 0 Å². The highest BCUT2D eigenvalue weighted by Crippen LogP contribution is 2.46. The van der Waals surface area contributed by atoms with Gasteiger partial charge in [-0.1, -0.05) is 0 Å². The van der Waals surface area contributed by atoms with Crippen molar-refractivity contribution in [1.82, 2.24) is 4.86 Å². The molecule has 3 nitrogen and oxygen atoms in total. The Morgan fingerprint density at radius 3 is 1.48 bits per heavy atom. The van der Waals surface area contributed by atoms with Crippen molar-refractivity contribution in [3.63, 3.8) is 0 Å². The van der Waals surface area contributed by atoms with E-state index in [0.717, 1.165) is 0 Å². The molecule has 13 heteroatoms. The van der Waals surface area contributed by atoms with Crippen LogP contribution in [-0.2, 0) is 9.13 Å². The number of benzene rings is 2. The van der Waals surface area contributed by atoms with E-state index in [0.29, 0.717) is 13.8 Å². The van der Waals surface area contributed by atoms with Crippen molar-refractivity contribution in [2.24, 2.45) is 0 Å². The molecular weight excluding hydrogens is 428 g/mol. The zero-order chi connectivity index (χ0) is 20.8. The smallest absolute Gasteiger partial charge is 0.252 e. The van der Waals surface area contributed by atoms with Crippen LogP contribution in [0, 0.1) is 60.4 Å². The SMILES string of the molecule is Cc1c(F)c(F)c(C)c(P(=O)(NP=O)c2c(F)c(F)c(F)c(F)c2F)c1F. The molecule has 1 N–H and O–H groups in total. The first-order valence-corrected chi connectivity index (χ1v) is 9.29. The molecule has 1 unspecified atom stereocenters. The first kappa shape index (κ1) is 21.5. The molecule has 0 spiro atoms. The van der Waals surface area contributed by atoms with Gasteiger partial charge in [0.2, 0.25) is 13.1 Å². The lowest BCUT2D eigenvalue weighted by Crippen LogP contribution is -2.34. The second kappa shape index (κ2) is 7.30. The van der Waals surface area contributed by atoms with Crippen LogP contribution in [0.1, 0.15) is 11.1 Å². The highest BCUT2D eigenvalue weighted by atomic mass is 31.2. The molecule has 0 radical (unpaired) electrons. The molecule has 146 valence electrons. The highest BCUT2D eigenvalue weighted by Gasteiger charge is 2.43. The van der Waals surface area contributed by atoms with Crippen LogP contribution in [0.25, 0.3) is 0 Å². The molecule has 0 bridgehead atoms. The van der Waals surface area contributed by atoms with E-state index in [4.69, 9.17) is 0 Å². The van der Waals surface area contributed by atoms with Crippen LogP contribution in [-0.4, -0.2) is 0 Å². The first-order valence-electron chi connectivity index (χ1n) is 6.77. The van der Waals surface area contributed by atoms with Gasteiger partial charge in [0, 0.05) is 11.1 Å². The largest absolute Gasteiger partial charge is 0.295 e. The summed E-state index contributed by atoms with van der Waals surface area (Å²) in [5.41, 5.74) is -2.14. The van der Waals surface area contributed by atoms with Gasteiger partial charge in [-0.2, -0.15) is 4.86 Å². The number of hydrogen-bond donors (Lipinski definition) is 1. The van der Waals surface area contributed by atoms with Crippen molar-refractivity contribution in [2.75, 3.05) is 0 Å². The second-order valence-corrected chi connectivity index (χ2v) is 8.36. The molecule has 0 heterocycles. The predicted molar refractivity (Wildman–Crippen MR) is 79.6 cm³/mol. The van der Waals surface area contributed by atoms with Gasteiger partial charge in [-0.25, -0.2) is 35.1 Å². The molecule has 2 aromatic rings. The molecule has 1 atom stereocenters. The van der Waals surface area contributed by atoms with Crippen molar-refractivity contribution in [2.45, 2.75) is 13.8 Å². The van der Waals surface area contributed by atoms with Gasteiger partial charge in [0.25, 0.3) is 8.61 Å². The molecule has 0 saturated carbocycles. The molecular formula is C14H7F8NO2P2. The van der Waals surface area contributed by atoms with Crippen molar-refractivity contribution >= 4 is 26.5 Å². The summed E-state index contributed by atoms with van der Waals surface area (Å²) in [5, 5.41) is -3.46. The summed E-state index contributed by atoms with van der Waals surface area (Å²) in [7, 11) is -6.85. The maximum atomic E-state index is 14.5. The molecule has 0 saturated heterocycles. The summed E-state index contributed by atoms with van der Waals surface area (Å²) in [6, 6.07) is 0. The number of nitrogens with one attached hydrogen (secondary N) is 1. The average Bonchev–Trinajstić information content (AvgIpc) is 2.62. The molecule has 0 amide bonds. The fraction of sp³-hybridized carbons (Fsp3) is 0.143. The minimum Gasteiger partial charge on any atom is -0.295 e. The molecule has 0 fully saturated rings. The number of hydrogen-bond acceptors (Lipinski definition) is 2. The van der Waals surface area contributed by atoms with E-state index >= 15 is 0 Å². The van der Waals surface area contributed by atoms with Crippen molar-refractivity contribution < 1.29 is 44.3 Å². The molecule has 2 rings (SSSR count). The molecule has 0 aliphatic heterocycles. The van der Waals surface area contributed by atoms with Crippen LogP contribution in [0.4, 0.5) is 35.1 Å². The third-order valence-electron chi connectivity index (χ3n) is 3.74. The minimum atomic E-state index is -5.48. The van der Waals surface area contributed by atoms with Gasteiger partial charge in [-0.05, 0) is 13.8 Å². The van der Waals surface area contributed by atoms with Crippen LogP contribution >= 0.6 is 15.9 Å². The summed E-state index contributed by atoms with van der Waals surface area (Å²) in [5.74, 6) is -18.1. The maximum absolute atomic E-state index is 14.5. The van der Waals surface area contributed by atoms with Crippen molar-refractivity contribution in [3.05, 3.63) is 57.7 Å². The second-order valence-electron chi connectivity index (χ2n) is 5.26. The fourth-order valence-electron chi connectivity index (χ4n) is 2.39. The molecule has 27 heavy (non-hydrogen) atoms. The summed E-state index contributed by atoms with van der Waals surface area (Å²) in [6.45, 7) is 1.35. The summed E-state index contributed by atoms with van der Waals surface area (Å²) >= 11 is 0. The quantitative estimate of drug-likeness (QED) is 0.335. The van der Waals surface area contributed by atoms with Gasteiger partial charge in [-0.3, -0.25) is 9.13 Å². The van der Waals surface area contributed by atoms with Crippen molar-refractivity contribution in [1.29, 1.82) is 0 Å². The first-order chi connectivity index (χ1) is 12.4. The Labute approximate surface area is 148 Å². The Balaban J connectivity index is 3.09. The maximum Gasteiger partial charge on any atom is 0.252 e. The highest BCUT2D eigenvalue weighted by molar-refractivity contribution is 7.80. The molecule has 2 aromatic carbocycles. The Kier molecular flexibility index (Phi) is 5.80. The standard InChI is InChI=1S/C14H7F8NO2P2/c1-3-5(15)6(16)4(2)13(7(3)17)27(25,23-26-24)14-11(21)9(19)8(18)10(20)12(14)22/h1-2H3,(H,23,24,25). The molecule has 0 aliphatic rings. The third kappa shape index (κ3) is 3.07. The van der Waals surface area contributed by atoms with Crippen LogP contribution in [0.3, 0.4) is 0 Å². The van der Waals surface area contributed by atoms with Gasteiger partial charge in [0.15, 0.2) is 34.9 Å². The van der Waals surface area contributed by atoms with E-state index in [1.54, 1.807) is 0 Å². The average molecular weight is 435 g/mol. The zero-order valence-corrected chi connectivity index (χ0v) is 15.0. The lowest BCUT2D eigenvalue weighted by molar-refractivity contribution is 0.383. The lowest BCUT2D eigenvalue weighted by atomic mass is 10.1. The van der Waals surface area contributed by atoms with E-state index in [9.17, 15) is 44.3 Å². The van der Waals surface area contributed by atoms with Crippen LogP contribution < -0.4 is 15.5 Å². The topological polar surface area (TPSA) is 46.2 Å². The van der Waals surface area contributed by atoms with E-state index in [-0.39, 0.29) is 0 Å². The summed E-state index contributed by atoms with van der Waals surface area (Å²) in [6.07, 6.45) is 0. The van der Waals surface area contributed by atoms with Crippen molar-refractivity contribution in [3.8, 4) is 0 Å². The number of rotatable bonds is 4. The van der Waals surface area contributed by atoms with Gasteiger partial charge in [0.05, 0.1) is 5.30 Å². The lowest BCUT2D eigenvalue weighted by Gasteiger charge is -2.22. The summed E-state index contributed by atoms with van der Waals surface area (Å²) in [4.78, 5) is 1.41. The number of halogens is 8. The zero-order valence-electron chi connectivity index (χ0n) is 13.2. The van der Waals surface area contributed by atoms with E-state index in [2.05, 4.69) is 0 Å². The fourth-order valence-corrected chi connectivity index (χ4v) is 5.63. The molecule has 0 aliphatic carbocycles. The van der Waals surface area contributed by atoms with E-state index in [1.165, 1.54) is 4.86 Å². The Morgan fingerprint density at radius 1 is 0.630 bits per heavy atom. The van der Waals surface area contributed by atoms with E-state index in [1.807, 2.05) is 0 Å². The van der Waals surface area contributed by atoms with E-state index < -0.39 is 84.2 Å². The Morgan fingerprint density at radius 2 is 1.04 bits per heavy atom. The predicted octanol–water partition coefficient (Wildman–Crippen LogP) is 4.44. The normalized spacial score (nSPS) is 13.9. The Hall–Kier alpha value is -1.83. The molecule has 0 aromatic heterocycles. The van der Waals surface area contributed by atoms with Gasteiger partial charge in [-0.15, -0.1) is 0 Å². The summed E-state index contributed by atoms with van der Waals surface area (Å²) < 4.78 is 135. The van der Waals surface area contributed by atoms with Gasteiger partial charge < -0.3 is 0 Å².